The highest BCUT2D eigenvalue weighted by Gasteiger charge is 2.09. The zero-order valence-electron chi connectivity index (χ0n) is 12.3. The minimum atomic E-state index is -0.117. The number of nitrogens with zero attached hydrogens (tertiary/aromatic N) is 1. The van der Waals surface area contributed by atoms with E-state index >= 15 is 0 Å². The molecule has 0 aliphatic carbocycles. The van der Waals surface area contributed by atoms with Gasteiger partial charge in [-0.1, -0.05) is 12.8 Å². The average molecular weight is 286 g/mol. The lowest BCUT2D eigenvalue weighted by molar-refractivity contribution is -0.131. The summed E-state index contributed by atoms with van der Waals surface area (Å²) in [5.41, 5.74) is 0. The largest absolute Gasteiger partial charge is 0.396 e. The first-order valence-electron chi connectivity index (χ1n) is 7.17. The molecule has 0 fully saturated rings. The van der Waals surface area contributed by atoms with Crippen LogP contribution in [0.2, 0.25) is 0 Å². The first-order chi connectivity index (χ1) is 9.61. The Morgan fingerprint density at radius 1 is 1.15 bits per heavy atom. The van der Waals surface area contributed by atoms with Gasteiger partial charge in [0.2, 0.25) is 11.8 Å². The molecular weight excluding hydrogens is 260 g/mol. The van der Waals surface area contributed by atoms with Gasteiger partial charge in [0.25, 0.3) is 0 Å². The molecule has 0 aromatic carbocycles. The van der Waals surface area contributed by atoms with Crippen LogP contribution in [0, 0.1) is 0 Å². The number of aliphatic hydroxyl groups is 1. The molecule has 0 aliphatic heterocycles. The monoisotopic (exact) mass is 286 g/mol. The molecule has 0 rings (SSSR count). The number of amides is 2. The molecule has 0 aromatic heterocycles. The van der Waals surface area contributed by atoms with Crippen LogP contribution in [0.25, 0.3) is 0 Å². The predicted molar refractivity (Wildman–Crippen MR) is 76.1 cm³/mol. The zero-order valence-corrected chi connectivity index (χ0v) is 12.3. The highest BCUT2D eigenvalue weighted by atomic mass is 16.3. The third-order valence-corrected chi connectivity index (χ3v) is 2.98. The lowest BCUT2D eigenvalue weighted by atomic mass is 10.2. The van der Waals surface area contributed by atoms with E-state index in [0.29, 0.717) is 13.1 Å². The van der Waals surface area contributed by atoms with Crippen molar-refractivity contribution in [1.82, 2.24) is 10.2 Å². The fraction of sp³-hybridized carbons (Fsp3) is 0.786. The Morgan fingerprint density at radius 2 is 1.85 bits per heavy atom. The second kappa shape index (κ2) is 12.6. The van der Waals surface area contributed by atoms with Gasteiger partial charge in [0.15, 0.2) is 0 Å². The van der Waals surface area contributed by atoms with Crippen LogP contribution in [0.3, 0.4) is 0 Å². The van der Waals surface area contributed by atoms with Crippen molar-refractivity contribution in [2.45, 2.75) is 44.9 Å². The molecular formula is C14H26N2O4. The Kier molecular flexibility index (Phi) is 11.7. The van der Waals surface area contributed by atoms with E-state index in [9.17, 15) is 14.4 Å². The zero-order chi connectivity index (χ0) is 15.2. The summed E-state index contributed by atoms with van der Waals surface area (Å²) in [6, 6.07) is 0. The van der Waals surface area contributed by atoms with Crippen LogP contribution in [0.4, 0.5) is 0 Å². The standard InChI is InChI=1S/C14H26N2O4/c1-16(14(20)7-6-12-18)10-8-13(19)15-9-4-2-3-5-11-17/h12,17H,2-11H2,1H3,(H,15,19). The van der Waals surface area contributed by atoms with Crippen LogP contribution in [0.1, 0.15) is 44.9 Å². The second-order valence-electron chi connectivity index (χ2n) is 4.76. The summed E-state index contributed by atoms with van der Waals surface area (Å²) in [5.74, 6) is -0.184. The number of nitrogens with one attached hydrogen (secondary N) is 1. The smallest absolute Gasteiger partial charge is 0.222 e. The van der Waals surface area contributed by atoms with E-state index in [4.69, 9.17) is 5.11 Å². The summed E-state index contributed by atoms with van der Waals surface area (Å²) in [7, 11) is 1.63. The van der Waals surface area contributed by atoms with E-state index in [1.54, 1.807) is 7.05 Å². The molecule has 0 saturated heterocycles. The molecule has 0 aromatic rings. The molecule has 2 amide bonds. The molecule has 20 heavy (non-hydrogen) atoms. The van der Waals surface area contributed by atoms with Gasteiger partial charge in [0.05, 0.1) is 0 Å². The van der Waals surface area contributed by atoms with Crippen molar-refractivity contribution in [3.05, 3.63) is 0 Å². The van der Waals surface area contributed by atoms with Crippen molar-refractivity contribution < 1.29 is 19.5 Å². The lowest BCUT2D eigenvalue weighted by Gasteiger charge is -2.16. The van der Waals surface area contributed by atoms with Gasteiger partial charge in [-0.05, 0) is 12.8 Å². The Balaban J connectivity index is 3.56. The predicted octanol–water partition coefficient (Wildman–Crippen LogP) is 0.483. The van der Waals surface area contributed by atoms with Gasteiger partial charge in [0.1, 0.15) is 6.29 Å². The molecule has 0 heterocycles. The Labute approximate surface area is 120 Å². The fourth-order valence-corrected chi connectivity index (χ4v) is 1.67. The number of hydrogen-bond donors (Lipinski definition) is 2. The SMILES string of the molecule is CN(CCC(=O)NCCCCCCO)C(=O)CCC=O. The maximum Gasteiger partial charge on any atom is 0.222 e. The quantitative estimate of drug-likeness (QED) is 0.403. The van der Waals surface area contributed by atoms with Crippen molar-refractivity contribution in [2.24, 2.45) is 0 Å². The summed E-state index contributed by atoms with van der Waals surface area (Å²) in [4.78, 5) is 34.7. The summed E-state index contributed by atoms with van der Waals surface area (Å²) < 4.78 is 0. The molecule has 6 heteroatoms. The van der Waals surface area contributed by atoms with Gasteiger partial charge in [-0.15, -0.1) is 0 Å². The maximum atomic E-state index is 11.5. The third kappa shape index (κ3) is 10.5. The number of carbonyl (C=O) groups is 3. The van der Waals surface area contributed by atoms with E-state index < -0.39 is 0 Å². The maximum absolute atomic E-state index is 11.5. The minimum Gasteiger partial charge on any atom is -0.396 e. The Morgan fingerprint density at radius 3 is 2.50 bits per heavy atom. The fourth-order valence-electron chi connectivity index (χ4n) is 1.67. The van der Waals surface area contributed by atoms with Crippen molar-refractivity contribution in [1.29, 1.82) is 0 Å². The van der Waals surface area contributed by atoms with Crippen molar-refractivity contribution in [3.8, 4) is 0 Å². The average Bonchev–Trinajstić information content (AvgIpc) is 2.45. The summed E-state index contributed by atoms with van der Waals surface area (Å²) >= 11 is 0. The molecule has 0 unspecified atom stereocenters. The van der Waals surface area contributed by atoms with Gasteiger partial charge < -0.3 is 20.1 Å². The number of hydrogen-bond acceptors (Lipinski definition) is 4. The van der Waals surface area contributed by atoms with Gasteiger partial charge in [-0.3, -0.25) is 9.59 Å². The molecule has 0 atom stereocenters. The van der Waals surface area contributed by atoms with Crippen molar-refractivity contribution in [3.63, 3.8) is 0 Å². The van der Waals surface area contributed by atoms with E-state index in [-0.39, 0.29) is 37.7 Å². The first kappa shape index (κ1) is 18.6. The number of aldehydes is 1. The van der Waals surface area contributed by atoms with Crippen LogP contribution in [0.15, 0.2) is 0 Å². The Bertz CT molecular complexity index is 295. The highest BCUT2D eigenvalue weighted by molar-refractivity contribution is 5.80. The number of carbonyl (C=O) groups excluding carboxylic acids is 3. The van der Waals surface area contributed by atoms with Crippen molar-refractivity contribution >= 4 is 18.1 Å². The number of unbranched alkanes of at least 4 members (excludes halogenated alkanes) is 3. The molecule has 6 nitrogen and oxygen atoms in total. The van der Waals surface area contributed by atoms with E-state index in [1.807, 2.05) is 0 Å². The van der Waals surface area contributed by atoms with Crippen LogP contribution in [-0.4, -0.2) is 54.9 Å². The number of rotatable bonds is 12. The topological polar surface area (TPSA) is 86.7 Å². The first-order valence-corrected chi connectivity index (χ1v) is 7.17. The second-order valence-corrected chi connectivity index (χ2v) is 4.76. The summed E-state index contributed by atoms with van der Waals surface area (Å²) in [6.07, 6.45) is 5.09. The van der Waals surface area contributed by atoms with E-state index in [2.05, 4.69) is 5.32 Å². The van der Waals surface area contributed by atoms with E-state index in [1.165, 1.54) is 4.90 Å². The summed E-state index contributed by atoms with van der Waals surface area (Å²) in [6.45, 7) is 1.22. The molecule has 2 N–H and O–H groups in total. The molecule has 0 saturated carbocycles. The van der Waals surface area contributed by atoms with Crippen LogP contribution < -0.4 is 5.32 Å². The molecule has 0 radical (unpaired) electrons. The van der Waals surface area contributed by atoms with E-state index in [0.717, 1.165) is 32.0 Å². The van der Waals surface area contributed by atoms with Gasteiger partial charge in [-0.25, -0.2) is 0 Å². The third-order valence-electron chi connectivity index (χ3n) is 2.98. The van der Waals surface area contributed by atoms with Gasteiger partial charge in [-0.2, -0.15) is 0 Å². The van der Waals surface area contributed by atoms with Crippen LogP contribution >= 0.6 is 0 Å². The molecule has 0 bridgehead atoms. The van der Waals surface area contributed by atoms with Crippen LogP contribution in [-0.2, 0) is 14.4 Å². The molecule has 0 aliphatic rings. The molecule has 116 valence electrons. The highest BCUT2D eigenvalue weighted by Crippen LogP contribution is 1.98. The number of aliphatic hydroxyl groups excluding tert-OH is 1. The normalized spacial score (nSPS) is 10.1. The molecule has 0 spiro atoms. The van der Waals surface area contributed by atoms with Gasteiger partial charge in [0, 0.05) is 46.0 Å². The Hall–Kier alpha value is -1.43. The van der Waals surface area contributed by atoms with Crippen molar-refractivity contribution in [2.75, 3.05) is 26.7 Å². The van der Waals surface area contributed by atoms with Crippen LogP contribution in [0.5, 0.6) is 0 Å². The lowest BCUT2D eigenvalue weighted by Crippen LogP contribution is -2.32. The minimum absolute atomic E-state index is 0.0674. The van der Waals surface area contributed by atoms with Gasteiger partial charge >= 0.3 is 0 Å². The summed E-state index contributed by atoms with van der Waals surface area (Å²) in [5, 5.41) is 11.4.